The number of nitrogens with one attached hydrogen (secondary N) is 1. The molecular weight excluding hydrogens is 525 g/mol. The Morgan fingerprint density at radius 3 is 1.80 bits per heavy atom. The average Bonchev–Trinajstić information content (AvgIpc) is 3.40. The standard InChI is InChI=1S/C36H34NO3P/c38-36(37-28-23-24-33-32-21-11-12-22-34(32)40-35(33)27-28)39-25-13-4-14-26-41(29-15-5-1-6-16-29,30-17-7-2-8-18-30)31-19-9-3-10-20-31/h1-3,5-12,15-24,27,41H,4,13-14,25-26H2,(H,37,38). The number of anilines is 1. The van der Waals surface area contributed by atoms with Crippen LogP contribution in [0, 0.1) is 0 Å². The number of hydrogen-bond acceptors (Lipinski definition) is 3. The minimum atomic E-state index is -2.22. The first-order valence-corrected chi connectivity index (χ1v) is 16.5. The summed E-state index contributed by atoms with van der Waals surface area (Å²) < 4.78 is 11.5. The number of amides is 1. The number of carbonyl (C=O) groups is 1. The molecule has 0 bridgehead atoms. The molecule has 0 saturated heterocycles. The summed E-state index contributed by atoms with van der Waals surface area (Å²) in [6.07, 6.45) is 3.51. The summed E-state index contributed by atoms with van der Waals surface area (Å²) in [5.41, 5.74) is 2.24. The van der Waals surface area contributed by atoms with E-state index in [1.807, 2.05) is 42.5 Å². The maximum atomic E-state index is 12.5. The van der Waals surface area contributed by atoms with E-state index in [0.29, 0.717) is 12.3 Å². The Bertz CT molecular complexity index is 1640. The number of benzene rings is 5. The summed E-state index contributed by atoms with van der Waals surface area (Å²) in [6.45, 7) is 0.384. The molecule has 6 rings (SSSR count). The zero-order valence-electron chi connectivity index (χ0n) is 23.0. The van der Waals surface area contributed by atoms with Crippen LogP contribution in [0.25, 0.3) is 21.9 Å². The Balaban J connectivity index is 1.08. The first-order chi connectivity index (χ1) is 20.2. The topological polar surface area (TPSA) is 51.5 Å². The molecule has 0 aliphatic heterocycles. The van der Waals surface area contributed by atoms with Crippen LogP contribution in [0.5, 0.6) is 0 Å². The van der Waals surface area contributed by atoms with Gasteiger partial charge in [-0.2, -0.15) is 0 Å². The van der Waals surface area contributed by atoms with Crippen LogP contribution in [0.3, 0.4) is 0 Å². The zero-order valence-corrected chi connectivity index (χ0v) is 24.0. The van der Waals surface area contributed by atoms with Crippen molar-refractivity contribution in [3.8, 4) is 0 Å². The number of para-hydroxylation sites is 1. The number of furan rings is 1. The summed E-state index contributed by atoms with van der Waals surface area (Å²) >= 11 is 0. The van der Waals surface area contributed by atoms with E-state index in [1.54, 1.807) is 0 Å². The van der Waals surface area contributed by atoms with E-state index >= 15 is 0 Å². The fourth-order valence-corrected chi connectivity index (χ4v) is 10.8. The maximum absolute atomic E-state index is 12.5. The van der Waals surface area contributed by atoms with E-state index in [2.05, 4.69) is 96.3 Å². The Hall–Kier alpha value is -4.40. The number of ether oxygens (including phenoxy) is 1. The van der Waals surface area contributed by atoms with Crippen molar-refractivity contribution >= 4 is 56.9 Å². The van der Waals surface area contributed by atoms with Crippen LogP contribution >= 0.6 is 7.26 Å². The monoisotopic (exact) mass is 559 g/mol. The van der Waals surface area contributed by atoms with Gasteiger partial charge in [0, 0.05) is 5.39 Å². The van der Waals surface area contributed by atoms with E-state index in [4.69, 9.17) is 9.15 Å². The van der Waals surface area contributed by atoms with Crippen LogP contribution in [-0.2, 0) is 4.74 Å². The van der Waals surface area contributed by atoms with Crippen molar-refractivity contribution in [3.05, 3.63) is 133 Å². The SMILES string of the molecule is O=C(Nc1ccc2c(c1)oc1ccccc12)OCCCCC[PH](c1ccccc1)(c1ccccc1)c1ccccc1. The molecule has 0 atom stereocenters. The third-order valence-corrected chi connectivity index (χ3v) is 12.9. The molecule has 206 valence electrons. The van der Waals surface area contributed by atoms with Gasteiger partial charge in [0.1, 0.15) is 5.58 Å². The molecular formula is C36H34NO3P. The molecule has 1 aromatic heterocycles. The molecule has 0 fully saturated rings. The second-order valence-electron chi connectivity index (χ2n) is 10.4. The van der Waals surface area contributed by atoms with Gasteiger partial charge in [0.2, 0.25) is 0 Å². The third-order valence-electron chi connectivity index (χ3n) is 7.85. The molecule has 4 nitrogen and oxygen atoms in total. The average molecular weight is 560 g/mol. The second kappa shape index (κ2) is 12.4. The van der Waals surface area contributed by atoms with Gasteiger partial charge in [-0.15, -0.1) is 0 Å². The van der Waals surface area contributed by atoms with Crippen molar-refractivity contribution in [1.82, 2.24) is 0 Å². The van der Waals surface area contributed by atoms with Gasteiger partial charge in [-0.1, -0.05) is 18.2 Å². The van der Waals surface area contributed by atoms with Crippen LogP contribution < -0.4 is 21.2 Å². The van der Waals surface area contributed by atoms with Crippen LogP contribution in [0.4, 0.5) is 10.5 Å². The molecule has 1 amide bonds. The van der Waals surface area contributed by atoms with Gasteiger partial charge in [-0.3, -0.25) is 0 Å². The second-order valence-corrected chi connectivity index (χ2v) is 14.4. The van der Waals surface area contributed by atoms with Gasteiger partial charge in [-0.25, -0.2) is 0 Å². The third kappa shape index (κ3) is 5.75. The van der Waals surface area contributed by atoms with Gasteiger partial charge in [-0.05, 0) is 6.07 Å². The van der Waals surface area contributed by atoms with Crippen molar-refractivity contribution in [2.75, 3.05) is 18.1 Å². The van der Waals surface area contributed by atoms with E-state index in [0.717, 1.165) is 47.4 Å². The minimum absolute atomic E-state index is 0.384. The quantitative estimate of drug-likeness (QED) is 0.137. The van der Waals surface area contributed by atoms with Gasteiger partial charge >= 0.3 is 206 Å². The molecule has 6 aromatic rings. The fourth-order valence-electron chi connectivity index (χ4n) is 5.89. The van der Waals surface area contributed by atoms with Crippen molar-refractivity contribution in [2.24, 2.45) is 0 Å². The van der Waals surface area contributed by atoms with Crippen LogP contribution in [0.2, 0.25) is 0 Å². The Morgan fingerprint density at radius 2 is 1.17 bits per heavy atom. The molecule has 41 heavy (non-hydrogen) atoms. The fraction of sp³-hybridized carbons (Fsp3) is 0.139. The Labute approximate surface area is 241 Å². The van der Waals surface area contributed by atoms with E-state index in [1.165, 1.54) is 15.9 Å². The van der Waals surface area contributed by atoms with Crippen molar-refractivity contribution in [3.63, 3.8) is 0 Å². The molecule has 1 N–H and O–H groups in total. The van der Waals surface area contributed by atoms with E-state index in [-0.39, 0.29) is 0 Å². The molecule has 0 aliphatic carbocycles. The van der Waals surface area contributed by atoms with Crippen molar-refractivity contribution in [2.45, 2.75) is 19.3 Å². The first kappa shape index (κ1) is 26.8. The van der Waals surface area contributed by atoms with Crippen LogP contribution in [0.15, 0.2) is 138 Å². The van der Waals surface area contributed by atoms with Gasteiger partial charge in [0.15, 0.2) is 0 Å². The molecule has 0 spiro atoms. The van der Waals surface area contributed by atoms with Crippen LogP contribution in [-0.4, -0.2) is 18.9 Å². The number of carbonyl (C=O) groups excluding carboxylic acids is 1. The normalized spacial score (nSPS) is 11.9. The summed E-state index contributed by atoms with van der Waals surface area (Å²) in [7, 11) is -2.22. The number of fused-ring (bicyclic) bond motifs is 3. The number of unbranched alkanes of at least 4 members (excludes halogenated alkanes) is 2. The van der Waals surface area contributed by atoms with Crippen molar-refractivity contribution < 1.29 is 13.9 Å². The molecule has 5 heteroatoms. The predicted octanol–water partition coefficient (Wildman–Crippen LogP) is 8.03. The molecule has 0 saturated carbocycles. The van der Waals surface area contributed by atoms with E-state index in [9.17, 15) is 4.79 Å². The summed E-state index contributed by atoms with van der Waals surface area (Å²) in [6, 6.07) is 46.6. The number of rotatable bonds is 10. The van der Waals surface area contributed by atoms with E-state index < -0.39 is 13.4 Å². The first-order valence-electron chi connectivity index (χ1n) is 14.3. The van der Waals surface area contributed by atoms with Gasteiger partial charge in [0.05, 0.1) is 0 Å². The Kier molecular flexibility index (Phi) is 8.11. The summed E-state index contributed by atoms with van der Waals surface area (Å²) in [5.74, 6) is 0. The molecule has 0 unspecified atom stereocenters. The van der Waals surface area contributed by atoms with Gasteiger partial charge in [0.25, 0.3) is 0 Å². The Morgan fingerprint density at radius 1 is 0.610 bits per heavy atom. The summed E-state index contributed by atoms with van der Waals surface area (Å²) in [5, 5.41) is 9.21. The molecule has 0 radical (unpaired) electrons. The van der Waals surface area contributed by atoms with Crippen molar-refractivity contribution in [1.29, 1.82) is 0 Å². The zero-order chi connectivity index (χ0) is 27.9. The predicted molar refractivity (Wildman–Crippen MR) is 174 cm³/mol. The van der Waals surface area contributed by atoms with Gasteiger partial charge < -0.3 is 0 Å². The molecule has 0 aliphatic rings. The van der Waals surface area contributed by atoms with Crippen LogP contribution in [0.1, 0.15) is 19.3 Å². The molecule has 5 aromatic carbocycles. The number of hydrogen-bond donors (Lipinski definition) is 1. The summed E-state index contributed by atoms with van der Waals surface area (Å²) in [4.78, 5) is 12.5. The molecule has 1 heterocycles.